The van der Waals surface area contributed by atoms with Gasteiger partial charge in [-0.15, -0.1) is 10.2 Å². The zero-order valence-corrected chi connectivity index (χ0v) is 16.1. The van der Waals surface area contributed by atoms with Gasteiger partial charge in [0.15, 0.2) is 5.16 Å². The van der Waals surface area contributed by atoms with Crippen molar-refractivity contribution < 1.29 is 4.79 Å². The Morgan fingerprint density at radius 3 is 2.42 bits per heavy atom. The maximum Gasteiger partial charge on any atom is 0.235 e. The molecule has 1 saturated carbocycles. The van der Waals surface area contributed by atoms with E-state index in [1.165, 1.54) is 37.4 Å². The van der Waals surface area contributed by atoms with Gasteiger partial charge in [0.05, 0.1) is 5.25 Å². The summed E-state index contributed by atoms with van der Waals surface area (Å²) in [5, 5.41) is 9.59. The summed E-state index contributed by atoms with van der Waals surface area (Å²) in [4.78, 5) is 14.9. The normalized spacial score (nSPS) is 19.2. The van der Waals surface area contributed by atoms with Crippen molar-refractivity contribution >= 4 is 17.7 Å². The van der Waals surface area contributed by atoms with E-state index in [9.17, 15) is 4.79 Å². The smallest absolute Gasteiger partial charge is 0.235 e. The van der Waals surface area contributed by atoms with E-state index in [-0.39, 0.29) is 11.2 Å². The number of rotatable bonds is 5. The highest BCUT2D eigenvalue weighted by molar-refractivity contribution is 8.00. The third-order valence-electron chi connectivity index (χ3n) is 5.16. The van der Waals surface area contributed by atoms with Crippen molar-refractivity contribution in [1.29, 1.82) is 0 Å². The Kier molecular flexibility index (Phi) is 5.29. The van der Waals surface area contributed by atoms with E-state index in [4.69, 9.17) is 0 Å². The van der Waals surface area contributed by atoms with Crippen molar-refractivity contribution in [3.05, 3.63) is 36.2 Å². The van der Waals surface area contributed by atoms with Gasteiger partial charge in [-0.3, -0.25) is 9.36 Å². The van der Waals surface area contributed by atoms with Gasteiger partial charge in [-0.05, 0) is 44.7 Å². The highest BCUT2D eigenvalue weighted by Gasteiger charge is 2.32. The fourth-order valence-electron chi connectivity index (χ4n) is 3.54. The van der Waals surface area contributed by atoms with Gasteiger partial charge in [0, 0.05) is 24.7 Å². The Morgan fingerprint density at radius 2 is 1.77 bits per heavy atom. The highest BCUT2D eigenvalue weighted by atomic mass is 32.2. The number of para-hydroxylation sites is 1. The van der Waals surface area contributed by atoms with E-state index in [1.807, 2.05) is 30.0 Å². The molecule has 1 aliphatic carbocycles. The van der Waals surface area contributed by atoms with Gasteiger partial charge in [0.25, 0.3) is 0 Å². The maximum atomic E-state index is 12.9. The lowest BCUT2D eigenvalue weighted by Gasteiger charge is -2.23. The number of aromatic nitrogens is 3. The molecular formula is C20H26N4OS. The monoisotopic (exact) mass is 370 g/mol. The van der Waals surface area contributed by atoms with Gasteiger partial charge in [-0.25, -0.2) is 0 Å². The van der Waals surface area contributed by atoms with Crippen molar-refractivity contribution in [2.75, 3.05) is 13.1 Å². The van der Waals surface area contributed by atoms with Gasteiger partial charge >= 0.3 is 0 Å². The zero-order valence-electron chi connectivity index (χ0n) is 15.3. The molecule has 1 aliphatic heterocycles. The number of hydrogen-bond acceptors (Lipinski definition) is 4. The van der Waals surface area contributed by atoms with Gasteiger partial charge in [-0.2, -0.15) is 0 Å². The Labute approximate surface area is 159 Å². The van der Waals surface area contributed by atoms with Crippen LogP contribution < -0.4 is 0 Å². The molecule has 1 aromatic heterocycles. The summed E-state index contributed by atoms with van der Waals surface area (Å²) in [5.74, 6) is 1.77. The third kappa shape index (κ3) is 3.80. The van der Waals surface area contributed by atoms with Crippen LogP contribution in [-0.4, -0.2) is 43.9 Å². The first-order chi connectivity index (χ1) is 12.7. The molecule has 1 atom stereocenters. The molecule has 5 nitrogen and oxygen atoms in total. The van der Waals surface area contributed by atoms with Crippen LogP contribution in [0.5, 0.6) is 0 Å². The maximum absolute atomic E-state index is 12.9. The van der Waals surface area contributed by atoms with Gasteiger partial charge in [0.1, 0.15) is 5.82 Å². The standard InChI is InChI=1S/C20H26N4OS/c1-15(19(25)23-13-7-2-3-8-14-23)26-20-22-21-18(16-11-12-16)24(20)17-9-5-4-6-10-17/h4-6,9-10,15-16H,2-3,7-8,11-14H2,1H3. The number of likely N-dealkylation sites (tertiary alicyclic amines) is 1. The number of benzene rings is 1. The average molecular weight is 371 g/mol. The van der Waals surface area contributed by atoms with Crippen LogP contribution in [0.25, 0.3) is 5.69 Å². The van der Waals surface area contributed by atoms with Gasteiger partial charge in [0.2, 0.25) is 5.91 Å². The topological polar surface area (TPSA) is 51.0 Å². The molecule has 4 rings (SSSR count). The van der Waals surface area contributed by atoms with Crippen LogP contribution in [0.2, 0.25) is 0 Å². The molecule has 0 radical (unpaired) electrons. The van der Waals surface area contributed by atoms with Crippen LogP contribution in [-0.2, 0) is 4.79 Å². The molecule has 0 bridgehead atoms. The lowest BCUT2D eigenvalue weighted by molar-refractivity contribution is -0.130. The molecule has 2 heterocycles. The highest BCUT2D eigenvalue weighted by Crippen LogP contribution is 2.41. The second-order valence-electron chi connectivity index (χ2n) is 7.29. The molecule has 6 heteroatoms. The molecule has 0 spiro atoms. The Bertz CT molecular complexity index is 748. The summed E-state index contributed by atoms with van der Waals surface area (Å²) in [6.07, 6.45) is 7.07. The largest absolute Gasteiger partial charge is 0.342 e. The summed E-state index contributed by atoms with van der Waals surface area (Å²) >= 11 is 1.54. The molecule has 1 unspecified atom stereocenters. The van der Waals surface area contributed by atoms with Crippen molar-refractivity contribution in [2.24, 2.45) is 0 Å². The van der Waals surface area contributed by atoms with Crippen LogP contribution in [0.3, 0.4) is 0 Å². The Hall–Kier alpha value is -1.82. The number of hydrogen-bond donors (Lipinski definition) is 0. The number of amides is 1. The fraction of sp³-hybridized carbons (Fsp3) is 0.550. The van der Waals surface area contributed by atoms with Crippen LogP contribution in [0.1, 0.15) is 57.2 Å². The van der Waals surface area contributed by atoms with E-state index < -0.39 is 0 Å². The quantitative estimate of drug-likeness (QED) is 0.746. The predicted octanol–water partition coefficient (Wildman–Crippen LogP) is 4.03. The van der Waals surface area contributed by atoms with Crippen LogP contribution in [0.4, 0.5) is 0 Å². The predicted molar refractivity (Wildman–Crippen MR) is 104 cm³/mol. The van der Waals surface area contributed by atoms with E-state index >= 15 is 0 Å². The van der Waals surface area contributed by atoms with Gasteiger partial charge in [-0.1, -0.05) is 42.8 Å². The van der Waals surface area contributed by atoms with E-state index in [1.54, 1.807) is 0 Å². The zero-order chi connectivity index (χ0) is 17.9. The molecule has 1 amide bonds. The lowest BCUT2D eigenvalue weighted by Crippen LogP contribution is -2.37. The SMILES string of the molecule is CC(Sc1nnc(C2CC2)n1-c1ccccc1)C(=O)N1CCCCCC1. The van der Waals surface area contributed by atoms with E-state index in [0.717, 1.165) is 42.6 Å². The average Bonchev–Trinajstić information content (AvgIpc) is 3.47. The minimum Gasteiger partial charge on any atom is -0.342 e. The Morgan fingerprint density at radius 1 is 1.08 bits per heavy atom. The van der Waals surface area contributed by atoms with Gasteiger partial charge < -0.3 is 4.90 Å². The number of carbonyl (C=O) groups excluding carboxylic acids is 1. The van der Waals surface area contributed by atoms with Crippen LogP contribution in [0, 0.1) is 0 Å². The minimum atomic E-state index is -0.146. The molecule has 138 valence electrons. The summed E-state index contributed by atoms with van der Waals surface area (Å²) < 4.78 is 2.15. The number of nitrogens with zero attached hydrogens (tertiary/aromatic N) is 4. The fourth-order valence-corrected chi connectivity index (χ4v) is 4.50. The minimum absolute atomic E-state index is 0.146. The van der Waals surface area contributed by atoms with E-state index in [0.29, 0.717) is 5.92 Å². The van der Waals surface area contributed by atoms with Crippen molar-refractivity contribution in [2.45, 2.75) is 61.8 Å². The second kappa shape index (κ2) is 7.82. The van der Waals surface area contributed by atoms with Crippen LogP contribution in [0.15, 0.2) is 35.5 Å². The lowest BCUT2D eigenvalue weighted by atomic mass is 10.2. The summed E-state index contributed by atoms with van der Waals surface area (Å²) in [5.41, 5.74) is 1.08. The molecule has 2 aromatic rings. The number of thioether (sulfide) groups is 1. The number of carbonyl (C=O) groups is 1. The molecule has 0 N–H and O–H groups in total. The molecule has 2 fully saturated rings. The van der Waals surface area contributed by atoms with Crippen molar-refractivity contribution in [3.63, 3.8) is 0 Å². The molecular weight excluding hydrogens is 344 g/mol. The molecule has 1 aromatic carbocycles. The summed E-state index contributed by atoms with van der Waals surface area (Å²) in [6, 6.07) is 10.3. The second-order valence-corrected chi connectivity index (χ2v) is 8.59. The first-order valence-electron chi connectivity index (χ1n) is 9.70. The molecule has 26 heavy (non-hydrogen) atoms. The summed E-state index contributed by atoms with van der Waals surface area (Å²) in [7, 11) is 0. The van der Waals surface area contributed by atoms with Crippen molar-refractivity contribution in [3.8, 4) is 5.69 Å². The molecule has 2 aliphatic rings. The summed E-state index contributed by atoms with van der Waals surface area (Å²) in [6.45, 7) is 3.78. The molecule has 1 saturated heterocycles. The first kappa shape index (κ1) is 17.6. The van der Waals surface area contributed by atoms with Crippen LogP contribution >= 0.6 is 11.8 Å². The Balaban J connectivity index is 1.55. The first-order valence-corrected chi connectivity index (χ1v) is 10.6. The van der Waals surface area contributed by atoms with E-state index in [2.05, 4.69) is 26.9 Å². The third-order valence-corrected chi connectivity index (χ3v) is 6.19. The van der Waals surface area contributed by atoms with Crippen molar-refractivity contribution in [1.82, 2.24) is 19.7 Å².